The number of aliphatic carboxylic acids is 1. The van der Waals surface area contributed by atoms with Crippen LogP contribution in [0.25, 0.3) is 0 Å². The molecule has 1 aliphatic heterocycles. The average Bonchev–Trinajstić information content (AvgIpc) is 2.46. The number of amides is 1. The van der Waals surface area contributed by atoms with E-state index in [2.05, 4.69) is 4.98 Å². The number of likely N-dealkylation sites (tertiary alicyclic amines) is 1. The Kier molecular flexibility index (Phi) is 4.16. The van der Waals surface area contributed by atoms with Crippen molar-refractivity contribution in [1.82, 2.24) is 9.88 Å². The van der Waals surface area contributed by atoms with Gasteiger partial charge in [-0.1, -0.05) is 6.92 Å². The predicted octanol–water partition coefficient (Wildman–Crippen LogP) is 1.40. The van der Waals surface area contributed by atoms with Gasteiger partial charge < -0.3 is 15.0 Å². The van der Waals surface area contributed by atoms with E-state index in [-0.39, 0.29) is 16.9 Å². The minimum absolute atomic E-state index is 0.111. The highest BCUT2D eigenvalue weighted by molar-refractivity contribution is 5.94. The second-order valence-electron chi connectivity index (χ2n) is 5.63. The number of hydrogen-bond acceptors (Lipinski definition) is 3. The molecule has 114 valence electrons. The SMILES string of the molecule is CCC1(C(=O)O)CCN(C(=O)c2c[nH]c(C)cc2=O)CC1. The lowest BCUT2D eigenvalue weighted by atomic mass is 9.76. The van der Waals surface area contributed by atoms with E-state index in [9.17, 15) is 19.5 Å². The maximum atomic E-state index is 12.4. The monoisotopic (exact) mass is 292 g/mol. The first-order valence-electron chi connectivity index (χ1n) is 7.11. The van der Waals surface area contributed by atoms with Crippen molar-refractivity contribution in [3.63, 3.8) is 0 Å². The minimum Gasteiger partial charge on any atom is -0.481 e. The Bertz CT molecular complexity index is 612. The van der Waals surface area contributed by atoms with E-state index in [1.165, 1.54) is 12.3 Å². The van der Waals surface area contributed by atoms with Crippen molar-refractivity contribution < 1.29 is 14.7 Å². The number of nitrogens with one attached hydrogen (secondary N) is 1. The van der Waals surface area contributed by atoms with E-state index >= 15 is 0 Å². The molecule has 1 aromatic heterocycles. The number of carboxylic acid groups (broad SMARTS) is 1. The number of nitrogens with zero attached hydrogens (tertiary/aromatic N) is 1. The predicted molar refractivity (Wildman–Crippen MR) is 77.3 cm³/mol. The van der Waals surface area contributed by atoms with Crippen molar-refractivity contribution >= 4 is 11.9 Å². The molecule has 1 aromatic rings. The summed E-state index contributed by atoms with van der Waals surface area (Å²) in [7, 11) is 0. The molecule has 0 atom stereocenters. The first-order chi connectivity index (χ1) is 9.89. The molecule has 21 heavy (non-hydrogen) atoms. The van der Waals surface area contributed by atoms with Crippen LogP contribution in [0.3, 0.4) is 0 Å². The van der Waals surface area contributed by atoms with Crippen molar-refractivity contribution in [3.05, 3.63) is 33.7 Å². The molecule has 1 saturated heterocycles. The van der Waals surface area contributed by atoms with Crippen LogP contribution in [0.2, 0.25) is 0 Å². The summed E-state index contributed by atoms with van der Waals surface area (Å²) in [5.41, 5.74) is -0.232. The van der Waals surface area contributed by atoms with E-state index < -0.39 is 11.4 Å². The number of H-pyrrole nitrogens is 1. The largest absolute Gasteiger partial charge is 0.481 e. The van der Waals surface area contributed by atoms with E-state index in [0.29, 0.717) is 38.0 Å². The number of aromatic nitrogens is 1. The lowest BCUT2D eigenvalue weighted by Gasteiger charge is -2.38. The zero-order chi connectivity index (χ0) is 15.6. The average molecular weight is 292 g/mol. The van der Waals surface area contributed by atoms with Gasteiger partial charge in [0, 0.05) is 31.0 Å². The molecular weight excluding hydrogens is 272 g/mol. The Morgan fingerprint density at radius 2 is 2.00 bits per heavy atom. The summed E-state index contributed by atoms with van der Waals surface area (Å²) in [5.74, 6) is -1.13. The molecular formula is C15H20N2O4. The van der Waals surface area contributed by atoms with E-state index in [4.69, 9.17) is 0 Å². The van der Waals surface area contributed by atoms with Gasteiger partial charge in [0.2, 0.25) is 0 Å². The Labute approximate surface area is 122 Å². The van der Waals surface area contributed by atoms with Crippen LogP contribution >= 0.6 is 0 Å². The maximum absolute atomic E-state index is 12.4. The molecule has 1 fully saturated rings. The Hall–Kier alpha value is -2.11. The van der Waals surface area contributed by atoms with Gasteiger partial charge in [-0.3, -0.25) is 14.4 Å². The Morgan fingerprint density at radius 1 is 1.38 bits per heavy atom. The first-order valence-corrected chi connectivity index (χ1v) is 7.11. The molecule has 0 aromatic carbocycles. The third-order valence-electron chi connectivity index (χ3n) is 4.43. The van der Waals surface area contributed by atoms with Crippen molar-refractivity contribution in [3.8, 4) is 0 Å². The lowest BCUT2D eigenvalue weighted by Crippen LogP contribution is -2.47. The molecule has 0 aliphatic carbocycles. The number of rotatable bonds is 3. The minimum atomic E-state index is -0.801. The van der Waals surface area contributed by atoms with Crippen LogP contribution in [0, 0.1) is 12.3 Å². The highest BCUT2D eigenvalue weighted by Gasteiger charge is 2.41. The number of piperidine rings is 1. The van der Waals surface area contributed by atoms with Crippen LogP contribution in [0.4, 0.5) is 0 Å². The van der Waals surface area contributed by atoms with Crippen molar-refractivity contribution in [2.24, 2.45) is 5.41 Å². The molecule has 0 unspecified atom stereocenters. The highest BCUT2D eigenvalue weighted by atomic mass is 16.4. The van der Waals surface area contributed by atoms with Gasteiger partial charge in [0.25, 0.3) is 5.91 Å². The lowest BCUT2D eigenvalue weighted by molar-refractivity contribution is -0.152. The van der Waals surface area contributed by atoms with Crippen LogP contribution in [0.1, 0.15) is 42.2 Å². The van der Waals surface area contributed by atoms with Crippen molar-refractivity contribution in [2.75, 3.05) is 13.1 Å². The number of hydrogen-bond donors (Lipinski definition) is 2. The molecule has 0 spiro atoms. The highest BCUT2D eigenvalue weighted by Crippen LogP contribution is 2.35. The molecule has 2 heterocycles. The third-order valence-corrected chi connectivity index (χ3v) is 4.43. The molecule has 2 N–H and O–H groups in total. The number of carboxylic acids is 1. The number of aryl methyl sites for hydroxylation is 1. The molecule has 6 heteroatoms. The molecule has 1 aliphatic rings. The Balaban J connectivity index is 2.13. The van der Waals surface area contributed by atoms with Gasteiger partial charge in [0.1, 0.15) is 5.56 Å². The van der Waals surface area contributed by atoms with Gasteiger partial charge in [0.15, 0.2) is 5.43 Å². The van der Waals surface area contributed by atoms with Gasteiger partial charge in [-0.15, -0.1) is 0 Å². The van der Waals surface area contributed by atoms with Gasteiger partial charge in [-0.2, -0.15) is 0 Å². The molecule has 2 rings (SSSR count). The summed E-state index contributed by atoms with van der Waals surface area (Å²) >= 11 is 0. The van der Waals surface area contributed by atoms with Gasteiger partial charge in [0.05, 0.1) is 5.41 Å². The van der Waals surface area contributed by atoms with E-state index in [1.807, 2.05) is 6.92 Å². The van der Waals surface area contributed by atoms with Crippen LogP contribution < -0.4 is 5.43 Å². The number of aromatic amines is 1. The summed E-state index contributed by atoms with van der Waals surface area (Å²) in [4.78, 5) is 40.0. The van der Waals surface area contributed by atoms with Gasteiger partial charge >= 0.3 is 5.97 Å². The van der Waals surface area contributed by atoms with Crippen molar-refractivity contribution in [2.45, 2.75) is 33.1 Å². The Morgan fingerprint density at radius 3 is 2.48 bits per heavy atom. The van der Waals surface area contributed by atoms with Crippen LogP contribution in [-0.4, -0.2) is 40.0 Å². The summed E-state index contributed by atoms with van der Waals surface area (Å²) in [6.45, 7) is 4.34. The molecule has 0 bridgehead atoms. The standard InChI is InChI=1S/C15H20N2O4/c1-3-15(14(20)21)4-6-17(7-5-15)13(19)11-9-16-10(2)8-12(11)18/h8-9H,3-7H2,1-2H3,(H,16,18)(H,20,21). The van der Waals surface area contributed by atoms with Crippen molar-refractivity contribution in [1.29, 1.82) is 0 Å². The molecule has 1 amide bonds. The number of carbonyl (C=O) groups excluding carboxylic acids is 1. The zero-order valence-electron chi connectivity index (χ0n) is 12.3. The molecule has 0 radical (unpaired) electrons. The second-order valence-corrected chi connectivity index (χ2v) is 5.63. The quantitative estimate of drug-likeness (QED) is 0.881. The smallest absolute Gasteiger partial charge is 0.309 e. The summed E-state index contributed by atoms with van der Waals surface area (Å²) in [6, 6.07) is 1.39. The van der Waals surface area contributed by atoms with Crippen LogP contribution in [-0.2, 0) is 4.79 Å². The van der Waals surface area contributed by atoms with E-state index in [0.717, 1.165) is 0 Å². The topological polar surface area (TPSA) is 90.5 Å². The summed E-state index contributed by atoms with van der Waals surface area (Å²) in [5, 5.41) is 9.35. The normalized spacial score (nSPS) is 17.5. The third kappa shape index (κ3) is 2.84. The van der Waals surface area contributed by atoms with Gasteiger partial charge in [-0.05, 0) is 26.2 Å². The van der Waals surface area contributed by atoms with Crippen LogP contribution in [0.5, 0.6) is 0 Å². The summed E-state index contributed by atoms with van der Waals surface area (Å²) in [6.07, 6.45) is 2.83. The van der Waals surface area contributed by atoms with E-state index in [1.54, 1.807) is 11.8 Å². The van der Waals surface area contributed by atoms with Crippen LogP contribution in [0.15, 0.2) is 17.1 Å². The maximum Gasteiger partial charge on any atom is 0.309 e. The first kappa shape index (κ1) is 15.3. The fourth-order valence-electron chi connectivity index (χ4n) is 2.77. The molecule has 0 saturated carbocycles. The second kappa shape index (κ2) is 5.71. The molecule has 6 nitrogen and oxygen atoms in total. The number of pyridine rings is 1. The summed E-state index contributed by atoms with van der Waals surface area (Å²) < 4.78 is 0. The van der Waals surface area contributed by atoms with Gasteiger partial charge in [-0.25, -0.2) is 0 Å². The fourth-order valence-corrected chi connectivity index (χ4v) is 2.77. The number of carbonyl (C=O) groups is 2. The zero-order valence-corrected chi connectivity index (χ0v) is 12.3. The fraction of sp³-hybridized carbons (Fsp3) is 0.533.